The van der Waals surface area contributed by atoms with Crippen molar-refractivity contribution < 1.29 is 9.53 Å². The van der Waals surface area contributed by atoms with Gasteiger partial charge in [0.15, 0.2) is 6.61 Å². The van der Waals surface area contributed by atoms with E-state index in [2.05, 4.69) is 10.4 Å². The van der Waals surface area contributed by atoms with E-state index in [1.165, 1.54) is 0 Å². The van der Waals surface area contributed by atoms with Crippen molar-refractivity contribution >= 4 is 11.7 Å². The molecular formula is C13H15N3O2. The van der Waals surface area contributed by atoms with Crippen molar-refractivity contribution in [2.24, 2.45) is 7.05 Å². The van der Waals surface area contributed by atoms with E-state index in [1.54, 1.807) is 24.0 Å². The second kappa shape index (κ2) is 5.35. The second-order valence-corrected chi connectivity index (χ2v) is 3.99. The van der Waals surface area contributed by atoms with Crippen LogP contribution in [0, 0.1) is 6.92 Å². The Morgan fingerprint density at radius 2 is 2.06 bits per heavy atom. The van der Waals surface area contributed by atoms with Crippen LogP contribution in [-0.4, -0.2) is 22.3 Å². The number of aryl methyl sites for hydroxylation is 2. The van der Waals surface area contributed by atoms with Crippen molar-refractivity contribution in [1.29, 1.82) is 0 Å². The first-order valence-electron chi connectivity index (χ1n) is 5.62. The first-order chi connectivity index (χ1) is 8.65. The Morgan fingerprint density at radius 3 is 2.67 bits per heavy atom. The Balaban J connectivity index is 1.85. The van der Waals surface area contributed by atoms with Crippen molar-refractivity contribution in [3.8, 4) is 5.75 Å². The quantitative estimate of drug-likeness (QED) is 0.892. The van der Waals surface area contributed by atoms with Gasteiger partial charge in [0.05, 0.1) is 6.20 Å². The first kappa shape index (κ1) is 12.2. The number of hydrogen-bond donors (Lipinski definition) is 1. The Kier molecular flexibility index (Phi) is 3.62. The predicted molar refractivity (Wildman–Crippen MR) is 68.5 cm³/mol. The molecule has 1 amide bonds. The summed E-state index contributed by atoms with van der Waals surface area (Å²) in [5.74, 6) is 1.12. The molecule has 94 valence electrons. The minimum Gasteiger partial charge on any atom is -0.484 e. The molecule has 5 nitrogen and oxygen atoms in total. The average molecular weight is 245 g/mol. The van der Waals surface area contributed by atoms with Crippen LogP contribution in [0.4, 0.5) is 5.82 Å². The van der Waals surface area contributed by atoms with Crippen LogP contribution in [0.5, 0.6) is 5.75 Å². The van der Waals surface area contributed by atoms with Crippen LogP contribution in [0.2, 0.25) is 0 Å². The average Bonchev–Trinajstić information content (AvgIpc) is 2.74. The molecule has 0 unspecified atom stereocenters. The fraction of sp³-hybridized carbons (Fsp3) is 0.231. The van der Waals surface area contributed by atoms with Crippen LogP contribution < -0.4 is 10.1 Å². The third-order valence-electron chi connectivity index (χ3n) is 2.48. The zero-order valence-corrected chi connectivity index (χ0v) is 10.4. The molecule has 0 atom stereocenters. The lowest BCUT2D eigenvalue weighted by Crippen LogP contribution is -2.21. The maximum absolute atomic E-state index is 11.6. The van der Waals surface area contributed by atoms with Crippen LogP contribution >= 0.6 is 0 Å². The monoisotopic (exact) mass is 245 g/mol. The lowest BCUT2D eigenvalue weighted by molar-refractivity contribution is -0.118. The van der Waals surface area contributed by atoms with Gasteiger partial charge in [-0.2, -0.15) is 5.10 Å². The maximum atomic E-state index is 11.6. The summed E-state index contributed by atoms with van der Waals surface area (Å²) < 4.78 is 6.96. The molecule has 1 heterocycles. The SMILES string of the molecule is Cc1ccc(OCC(=O)Nc2ccnn2C)cc1. The Bertz CT molecular complexity index is 531. The van der Waals surface area contributed by atoms with Crippen LogP contribution in [0.15, 0.2) is 36.5 Å². The highest BCUT2D eigenvalue weighted by Crippen LogP contribution is 2.11. The molecule has 2 rings (SSSR count). The number of nitrogens with one attached hydrogen (secondary N) is 1. The number of benzene rings is 1. The van der Waals surface area contributed by atoms with Gasteiger partial charge >= 0.3 is 0 Å². The van der Waals surface area contributed by atoms with Crippen molar-refractivity contribution in [1.82, 2.24) is 9.78 Å². The Morgan fingerprint density at radius 1 is 1.33 bits per heavy atom. The number of ether oxygens (including phenoxy) is 1. The van der Waals surface area contributed by atoms with Crippen molar-refractivity contribution in [3.63, 3.8) is 0 Å². The summed E-state index contributed by atoms with van der Waals surface area (Å²) in [5, 5.41) is 6.67. The van der Waals surface area contributed by atoms with Gasteiger partial charge in [-0.15, -0.1) is 0 Å². The number of hydrogen-bond acceptors (Lipinski definition) is 3. The van der Waals surface area contributed by atoms with Crippen molar-refractivity contribution in [3.05, 3.63) is 42.1 Å². The van der Waals surface area contributed by atoms with E-state index < -0.39 is 0 Å². The summed E-state index contributed by atoms with van der Waals surface area (Å²) in [6.07, 6.45) is 1.62. The molecule has 0 aliphatic heterocycles. The Labute approximate surface area is 105 Å². The van der Waals surface area contributed by atoms with Gasteiger partial charge in [0.25, 0.3) is 5.91 Å². The minimum atomic E-state index is -0.209. The van der Waals surface area contributed by atoms with E-state index in [0.29, 0.717) is 11.6 Å². The summed E-state index contributed by atoms with van der Waals surface area (Å²) in [6.45, 7) is 1.98. The van der Waals surface area contributed by atoms with Crippen LogP contribution in [0.3, 0.4) is 0 Å². The summed E-state index contributed by atoms with van der Waals surface area (Å²) in [7, 11) is 1.76. The topological polar surface area (TPSA) is 56.1 Å². The molecule has 1 N–H and O–H groups in total. The first-order valence-corrected chi connectivity index (χ1v) is 5.62. The van der Waals surface area contributed by atoms with Gasteiger partial charge in [-0.1, -0.05) is 17.7 Å². The molecule has 18 heavy (non-hydrogen) atoms. The minimum absolute atomic E-state index is 0.0196. The zero-order valence-electron chi connectivity index (χ0n) is 10.4. The fourth-order valence-electron chi connectivity index (χ4n) is 1.46. The summed E-state index contributed by atoms with van der Waals surface area (Å²) >= 11 is 0. The third-order valence-corrected chi connectivity index (χ3v) is 2.48. The van der Waals surface area contributed by atoms with E-state index in [-0.39, 0.29) is 12.5 Å². The highest BCUT2D eigenvalue weighted by atomic mass is 16.5. The van der Waals surface area contributed by atoms with Gasteiger partial charge < -0.3 is 10.1 Å². The lowest BCUT2D eigenvalue weighted by atomic mass is 10.2. The lowest BCUT2D eigenvalue weighted by Gasteiger charge is -2.07. The summed E-state index contributed by atoms with van der Waals surface area (Å²) in [4.78, 5) is 11.6. The molecule has 0 saturated heterocycles. The molecule has 0 aliphatic carbocycles. The standard InChI is InChI=1S/C13H15N3O2/c1-10-3-5-11(6-4-10)18-9-13(17)15-12-7-8-14-16(12)2/h3-8H,9H2,1-2H3,(H,15,17). The molecule has 0 spiro atoms. The number of rotatable bonds is 4. The van der Waals surface area contributed by atoms with Gasteiger partial charge in [-0.25, -0.2) is 0 Å². The highest BCUT2D eigenvalue weighted by Gasteiger charge is 2.05. The highest BCUT2D eigenvalue weighted by molar-refractivity contribution is 5.91. The van der Waals surface area contributed by atoms with Crippen LogP contribution in [-0.2, 0) is 11.8 Å². The van der Waals surface area contributed by atoms with Gasteiger partial charge in [-0.05, 0) is 19.1 Å². The van der Waals surface area contributed by atoms with E-state index in [4.69, 9.17) is 4.74 Å². The maximum Gasteiger partial charge on any atom is 0.263 e. The summed E-state index contributed by atoms with van der Waals surface area (Å²) in [5.41, 5.74) is 1.15. The molecule has 1 aromatic carbocycles. The number of nitrogens with zero attached hydrogens (tertiary/aromatic N) is 2. The van der Waals surface area contributed by atoms with Gasteiger partial charge in [-0.3, -0.25) is 9.48 Å². The normalized spacial score (nSPS) is 10.1. The molecule has 5 heteroatoms. The van der Waals surface area contributed by atoms with Gasteiger partial charge in [0, 0.05) is 13.1 Å². The number of carbonyl (C=O) groups excluding carboxylic acids is 1. The number of amides is 1. The molecule has 0 radical (unpaired) electrons. The smallest absolute Gasteiger partial charge is 0.263 e. The van der Waals surface area contributed by atoms with Crippen molar-refractivity contribution in [2.75, 3.05) is 11.9 Å². The van der Waals surface area contributed by atoms with E-state index in [9.17, 15) is 4.79 Å². The number of anilines is 1. The molecule has 0 aliphatic rings. The fourth-order valence-corrected chi connectivity index (χ4v) is 1.46. The van der Waals surface area contributed by atoms with E-state index in [0.717, 1.165) is 5.56 Å². The molecular weight excluding hydrogens is 230 g/mol. The Hall–Kier alpha value is -2.30. The molecule has 0 saturated carbocycles. The number of aromatic nitrogens is 2. The third kappa shape index (κ3) is 3.10. The molecule has 0 fully saturated rings. The zero-order chi connectivity index (χ0) is 13.0. The summed E-state index contributed by atoms with van der Waals surface area (Å²) in [6, 6.07) is 9.28. The molecule has 0 bridgehead atoms. The molecule has 1 aromatic heterocycles. The second-order valence-electron chi connectivity index (χ2n) is 3.99. The van der Waals surface area contributed by atoms with Gasteiger partial charge in [0.1, 0.15) is 11.6 Å². The number of carbonyl (C=O) groups is 1. The molecule has 2 aromatic rings. The van der Waals surface area contributed by atoms with Crippen LogP contribution in [0.1, 0.15) is 5.56 Å². The van der Waals surface area contributed by atoms with Crippen LogP contribution in [0.25, 0.3) is 0 Å². The van der Waals surface area contributed by atoms with Gasteiger partial charge in [0.2, 0.25) is 0 Å². The predicted octanol–water partition coefficient (Wildman–Crippen LogP) is 1.75. The van der Waals surface area contributed by atoms with Crippen molar-refractivity contribution in [2.45, 2.75) is 6.92 Å². The van der Waals surface area contributed by atoms with E-state index >= 15 is 0 Å². The van der Waals surface area contributed by atoms with E-state index in [1.807, 2.05) is 31.2 Å². The largest absolute Gasteiger partial charge is 0.484 e.